The number of amides is 1. The van der Waals surface area contributed by atoms with Crippen molar-refractivity contribution < 1.29 is 14.3 Å². The maximum absolute atomic E-state index is 12.9. The van der Waals surface area contributed by atoms with Crippen molar-refractivity contribution in [2.24, 2.45) is 0 Å². The minimum Gasteiger partial charge on any atom is -0.387 e. The molecule has 0 bridgehead atoms. The Morgan fingerprint density at radius 2 is 1.88 bits per heavy atom. The number of nitrogens with zero attached hydrogens (tertiary/aromatic N) is 1. The standard InChI is InChI=1S/C19H23FN2O2/c1-14-5-3-4-6-16(14)11-21-19(24)13-22(2)12-18(23)15-7-9-17(20)10-8-15/h3-10,18,23H,11-13H2,1-2H3,(H,21,24)/t18-/m0/s1. The molecule has 2 aromatic rings. The van der Waals surface area contributed by atoms with Gasteiger partial charge in [0, 0.05) is 13.1 Å². The summed E-state index contributed by atoms with van der Waals surface area (Å²) in [5.41, 5.74) is 2.85. The minimum atomic E-state index is -0.764. The van der Waals surface area contributed by atoms with Gasteiger partial charge in [-0.15, -0.1) is 0 Å². The van der Waals surface area contributed by atoms with Crippen LogP contribution < -0.4 is 5.32 Å². The van der Waals surface area contributed by atoms with E-state index < -0.39 is 6.10 Å². The Hall–Kier alpha value is -2.24. The molecule has 1 atom stereocenters. The summed E-state index contributed by atoms with van der Waals surface area (Å²) in [7, 11) is 1.76. The van der Waals surface area contributed by atoms with Crippen LogP contribution in [0, 0.1) is 12.7 Å². The average molecular weight is 330 g/mol. The monoisotopic (exact) mass is 330 g/mol. The fourth-order valence-corrected chi connectivity index (χ4v) is 2.45. The molecule has 0 aromatic heterocycles. The number of benzene rings is 2. The van der Waals surface area contributed by atoms with Crippen molar-refractivity contribution in [3.63, 3.8) is 0 Å². The number of halogens is 1. The summed E-state index contributed by atoms with van der Waals surface area (Å²) in [4.78, 5) is 13.8. The lowest BCUT2D eigenvalue weighted by molar-refractivity contribution is -0.122. The van der Waals surface area contributed by atoms with Crippen molar-refractivity contribution >= 4 is 5.91 Å². The van der Waals surface area contributed by atoms with Crippen LogP contribution in [0.5, 0.6) is 0 Å². The first kappa shape index (κ1) is 18.1. The van der Waals surface area contributed by atoms with E-state index in [1.54, 1.807) is 24.1 Å². The molecular formula is C19H23FN2O2. The Morgan fingerprint density at radius 3 is 2.54 bits per heavy atom. The average Bonchev–Trinajstić information content (AvgIpc) is 2.54. The summed E-state index contributed by atoms with van der Waals surface area (Å²) in [5.74, 6) is -0.443. The first-order valence-corrected chi connectivity index (χ1v) is 7.89. The summed E-state index contributed by atoms with van der Waals surface area (Å²) in [6, 6.07) is 13.6. The van der Waals surface area contributed by atoms with E-state index in [-0.39, 0.29) is 18.3 Å². The van der Waals surface area contributed by atoms with Crippen molar-refractivity contribution in [2.75, 3.05) is 20.1 Å². The van der Waals surface area contributed by atoms with Crippen LogP contribution in [0.2, 0.25) is 0 Å². The number of hydrogen-bond acceptors (Lipinski definition) is 3. The molecule has 0 radical (unpaired) electrons. The van der Waals surface area contributed by atoms with E-state index in [0.717, 1.165) is 11.1 Å². The highest BCUT2D eigenvalue weighted by atomic mass is 19.1. The third-order valence-corrected chi connectivity index (χ3v) is 3.89. The number of nitrogens with one attached hydrogen (secondary N) is 1. The number of carbonyl (C=O) groups is 1. The van der Waals surface area contributed by atoms with Crippen molar-refractivity contribution in [2.45, 2.75) is 19.6 Å². The molecule has 0 aliphatic carbocycles. The summed E-state index contributed by atoms with van der Waals surface area (Å²) in [6.45, 7) is 2.97. The highest BCUT2D eigenvalue weighted by molar-refractivity contribution is 5.78. The lowest BCUT2D eigenvalue weighted by atomic mass is 10.1. The summed E-state index contributed by atoms with van der Waals surface area (Å²) < 4.78 is 12.9. The van der Waals surface area contributed by atoms with E-state index in [9.17, 15) is 14.3 Å². The normalized spacial score (nSPS) is 12.2. The number of rotatable bonds is 7. The fraction of sp³-hybridized carbons (Fsp3) is 0.316. The van der Waals surface area contributed by atoms with E-state index in [0.29, 0.717) is 18.7 Å². The van der Waals surface area contributed by atoms with Crippen LogP contribution in [0.25, 0.3) is 0 Å². The second-order valence-electron chi connectivity index (χ2n) is 5.97. The first-order chi connectivity index (χ1) is 11.5. The van der Waals surface area contributed by atoms with Gasteiger partial charge in [-0.3, -0.25) is 9.69 Å². The zero-order chi connectivity index (χ0) is 17.5. The number of aryl methyl sites for hydroxylation is 1. The number of carbonyl (C=O) groups excluding carboxylic acids is 1. The van der Waals surface area contributed by atoms with Gasteiger partial charge in [0.1, 0.15) is 5.82 Å². The van der Waals surface area contributed by atoms with Crippen molar-refractivity contribution in [3.8, 4) is 0 Å². The largest absolute Gasteiger partial charge is 0.387 e. The van der Waals surface area contributed by atoms with Crippen molar-refractivity contribution in [1.29, 1.82) is 0 Å². The van der Waals surface area contributed by atoms with Gasteiger partial charge in [-0.1, -0.05) is 36.4 Å². The Balaban J connectivity index is 1.79. The molecular weight excluding hydrogens is 307 g/mol. The quantitative estimate of drug-likeness (QED) is 0.820. The molecule has 0 saturated heterocycles. The van der Waals surface area contributed by atoms with Crippen LogP contribution in [0.15, 0.2) is 48.5 Å². The van der Waals surface area contributed by atoms with Gasteiger partial charge in [0.15, 0.2) is 0 Å². The second kappa shape index (κ2) is 8.57. The van der Waals surface area contributed by atoms with Crippen molar-refractivity contribution in [3.05, 3.63) is 71.0 Å². The molecule has 0 aliphatic heterocycles. The molecule has 2 aromatic carbocycles. The molecule has 0 aliphatic rings. The number of aliphatic hydroxyl groups is 1. The van der Waals surface area contributed by atoms with E-state index >= 15 is 0 Å². The van der Waals surface area contributed by atoms with Gasteiger partial charge in [-0.05, 0) is 42.8 Å². The van der Waals surface area contributed by atoms with Gasteiger partial charge < -0.3 is 10.4 Å². The van der Waals surface area contributed by atoms with Crippen LogP contribution in [-0.4, -0.2) is 36.1 Å². The molecule has 0 unspecified atom stereocenters. The Bertz CT molecular complexity index is 673. The highest BCUT2D eigenvalue weighted by Gasteiger charge is 2.13. The first-order valence-electron chi connectivity index (χ1n) is 7.89. The zero-order valence-corrected chi connectivity index (χ0v) is 14.0. The smallest absolute Gasteiger partial charge is 0.234 e. The zero-order valence-electron chi connectivity index (χ0n) is 14.0. The van der Waals surface area contributed by atoms with Gasteiger partial charge >= 0.3 is 0 Å². The molecule has 2 N–H and O–H groups in total. The van der Waals surface area contributed by atoms with Crippen LogP contribution >= 0.6 is 0 Å². The molecule has 4 nitrogen and oxygen atoms in total. The van der Waals surface area contributed by atoms with Crippen LogP contribution in [-0.2, 0) is 11.3 Å². The lowest BCUT2D eigenvalue weighted by Crippen LogP contribution is -2.36. The second-order valence-corrected chi connectivity index (χ2v) is 5.97. The maximum atomic E-state index is 12.9. The Kier molecular flexibility index (Phi) is 6.46. The summed E-state index contributed by atoms with van der Waals surface area (Å²) >= 11 is 0. The lowest BCUT2D eigenvalue weighted by Gasteiger charge is -2.20. The van der Waals surface area contributed by atoms with Crippen LogP contribution in [0.3, 0.4) is 0 Å². The van der Waals surface area contributed by atoms with Crippen LogP contribution in [0.1, 0.15) is 22.8 Å². The molecule has 0 fully saturated rings. The predicted molar refractivity (Wildman–Crippen MR) is 91.9 cm³/mol. The van der Waals surface area contributed by atoms with Gasteiger partial charge in [-0.2, -0.15) is 0 Å². The van der Waals surface area contributed by atoms with Gasteiger partial charge in [0.25, 0.3) is 0 Å². The number of aliphatic hydroxyl groups excluding tert-OH is 1. The fourth-order valence-electron chi connectivity index (χ4n) is 2.45. The molecule has 0 spiro atoms. The minimum absolute atomic E-state index is 0.105. The maximum Gasteiger partial charge on any atom is 0.234 e. The third-order valence-electron chi connectivity index (χ3n) is 3.89. The molecule has 0 saturated carbocycles. The molecule has 128 valence electrons. The summed E-state index contributed by atoms with van der Waals surface area (Å²) in [6.07, 6.45) is -0.764. The molecule has 0 heterocycles. The highest BCUT2D eigenvalue weighted by Crippen LogP contribution is 2.14. The van der Waals surface area contributed by atoms with Gasteiger partial charge in [0.05, 0.1) is 12.6 Å². The molecule has 5 heteroatoms. The third kappa shape index (κ3) is 5.44. The predicted octanol–water partition coefficient (Wildman–Crippen LogP) is 2.42. The summed E-state index contributed by atoms with van der Waals surface area (Å²) in [5, 5.41) is 13.0. The van der Waals surface area contributed by atoms with E-state index in [2.05, 4.69) is 5.32 Å². The molecule has 24 heavy (non-hydrogen) atoms. The van der Waals surface area contributed by atoms with Gasteiger partial charge in [-0.25, -0.2) is 4.39 Å². The Labute approximate surface area is 141 Å². The SMILES string of the molecule is Cc1ccccc1CNC(=O)CN(C)C[C@H](O)c1ccc(F)cc1. The van der Waals surface area contributed by atoms with E-state index in [1.165, 1.54) is 12.1 Å². The van der Waals surface area contributed by atoms with Gasteiger partial charge in [0.2, 0.25) is 5.91 Å². The van der Waals surface area contributed by atoms with E-state index in [1.807, 2.05) is 31.2 Å². The molecule has 1 amide bonds. The molecule has 2 rings (SSSR count). The topological polar surface area (TPSA) is 52.6 Å². The van der Waals surface area contributed by atoms with Crippen molar-refractivity contribution in [1.82, 2.24) is 10.2 Å². The number of hydrogen-bond donors (Lipinski definition) is 2. The van der Waals surface area contributed by atoms with Crippen LogP contribution in [0.4, 0.5) is 4.39 Å². The Morgan fingerprint density at radius 1 is 1.21 bits per heavy atom. The van der Waals surface area contributed by atoms with E-state index in [4.69, 9.17) is 0 Å². The number of likely N-dealkylation sites (N-methyl/N-ethyl adjacent to an activating group) is 1.